The van der Waals surface area contributed by atoms with Gasteiger partial charge in [-0.2, -0.15) is 5.10 Å². The quantitative estimate of drug-likeness (QED) is 0.0673. The minimum atomic E-state index is -1.05. The van der Waals surface area contributed by atoms with Crippen LogP contribution < -0.4 is 26.2 Å². The van der Waals surface area contributed by atoms with E-state index in [-0.39, 0.29) is 52.0 Å². The largest absolute Gasteiger partial charge is 0.384 e. The fourth-order valence-electron chi connectivity index (χ4n) is 13.5. The predicted molar refractivity (Wildman–Crippen MR) is 298 cm³/mol. The van der Waals surface area contributed by atoms with E-state index in [0.717, 1.165) is 67.9 Å². The fourth-order valence-corrected chi connectivity index (χ4v) is 14.4. The number of nitrogens with zero attached hydrogens (tertiary/aromatic N) is 6. The zero-order chi connectivity index (χ0) is 54.0. The summed E-state index contributed by atoms with van der Waals surface area (Å²) in [6, 6.07) is 21.7. The number of hydrogen-bond donors (Lipinski definition) is 4. The highest BCUT2D eigenvalue weighted by molar-refractivity contribution is 7.22. The maximum atomic E-state index is 14.8. The monoisotopic (exact) mass is 1060 g/mol. The molecule has 11 rings (SSSR count). The molecule has 3 aromatic heterocycles. The van der Waals surface area contributed by atoms with E-state index in [1.807, 2.05) is 54.7 Å². The number of anilines is 3. The van der Waals surface area contributed by atoms with Gasteiger partial charge in [-0.25, -0.2) is 9.97 Å². The Morgan fingerprint density at radius 2 is 1.61 bits per heavy atom. The molecule has 0 radical (unpaired) electrons. The summed E-state index contributed by atoms with van der Waals surface area (Å²) in [5.74, 6) is -0.441. The summed E-state index contributed by atoms with van der Waals surface area (Å²) in [5, 5.41) is 17.5. The Morgan fingerprint density at radius 3 is 2.39 bits per heavy atom. The average molecular weight is 1060 g/mol. The molecule has 400 valence electrons. The highest BCUT2D eigenvalue weighted by Crippen LogP contribution is 2.51. The number of carbonyl (C=O) groups excluding carboxylic acids is 6. The molecule has 16 nitrogen and oxygen atoms in total. The molecular formula is C60H68N10O6S. The smallest absolute Gasteiger partial charge is 0.270 e. The van der Waals surface area contributed by atoms with Crippen molar-refractivity contribution in [2.24, 2.45) is 28.1 Å². The molecule has 3 atom stereocenters. The molecule has 6 heterocycles. The van der Waals surface area contributed by atoms with Crippen LogP contribution in [0.15, 0.2) is 79.0 Å². The molecule has 3 aromatic carbocycles. The Morgan fingerprint density at radius 1 is 0.831 bits per heavy atom. The summed E-state index contributed by atoms with van der Waals surface area (Å²) in [6.45, 7) is 16.0. The minimum Gasteiger partial charge on any atom is -0.384 e. The highest BCUT2D eigenvalue weighted by atomic mass is 32.1. The van der Waals surface area contributed by atoms with E-state index in [1.54, 1.807) is 18.2 Å². The van der Waals surface area contributed by atoms with Gasteiger partial charge in [0.25, 0.3) is 23.6 Å². The zero-order valence-electron chi connectivity index (χ0n) is 44.9. The Balaban J connectivity index is 0.796. The standard InChI is InChI=1S/C60H68N10O6S/c1-35-42(30-63-69(35)34-60(6)28-36-17-18-37(27-36)29-60)39-19-21-48(68-26-23-38-11-9-12-40(43(38)31-68)52(72)67-57-64-44-14-7-8-16-47(44)77-57)65-51(39)54(74)61-25-24-58(2,3)32-59(4,5)33-62-45-15-10-13-41-50(45)56(76)70(55(41)75)46-20-22-49(71)66-53(46)73/h7-16,19,21,30,36-37,46,62H,17-18,20,22-29,31-34H2,1-6H3,(H,61,74)(H,64,67,72)(H,66,71,73). The average Bonchev–Trinajstić information content (AvgIpc) is 4.24. The Kier molecular flexibility index (Phi) is 13.6. The second-order valence-electron chi connectivity index (χ2n) is 24.2. The molecule has 6 aromatic rings. The van der Waals surface area contributed by atoms with Gasteiger partial charge in [-0.1, -0.05) is 89.1 Å². The Hall–Kier alpha value is -7.27. The van der Waals surface area contributed by atoms with Crippen LogP contribution in [0.4, 0.5) is 16.6 Å². The van der Waals surface area contributed by atoms with Crippen LogP contribution in [0.3, 0.4) is 0 Å². The van der Waals surface area contributed by atoms with Crippen molar-refractivity contribution in [3.05, 3.63) is 118 Å². The molecule has 5 aliphatic rings. The van der Waals surface area contributed by atoms with Gasteiger partial charge >= 0.3 is 0 Å². The van der Waals surface area contributed by atoms with Crippen molar-refractivity contribution in [2.75, 3.05) is 35.2 Å². The number of benzene rings is 3. The SMILES string of the molecule is Cc1c(-c2ccc(N3CCc4cccc(C(=O)Nc5nc6ccccc6s5)c4C3)nc2C(=O)NCCC(C)(C)CC(C)(C)CNc2cccc3c2C(=O)N(C2CCC(=O)NC2=O)C3=O)cnn1CC1(C)CC2CCC(C2)C1. The number of para-hydroxylation sites is 1. The van der Waals surface area contributed by atoms with Gasteiger partial charge in [-0.15, -0.1) is 0 Å². The molecule has 3 fully saturated rings. The lowest BCUT2D eigenvalue weighted by atomic mass is 9.70. The van der Waals surface area contributed by atoms with E-state index < -0.39 is 29.7 Å². The van der Waals surface area contributed by atoms with Crippen LogP contribution in [-0.4, -0.2) is 85.8 Å². The van der Waals surface area contributed by atoms with Gasteiger partial charge in [0, 0.05) is 67.2 Å². The van der Waals surface area contributed by atoms with Crippen LogP contribution >= 0.6 is 11.3 Å². The Labute approximate surface area is 453 Å². The minimum absolute atomic E-state index is 0.0485. The maximum Gasteiger partial charge on any atom is 0.270 e. The fraction of sp³-hybridized carbons (Fsp3) is 0.450. The second kappa shape index (κ2) is 20.3. The summed E-state index contributed by atoms with van der Waals surface area (Å²) in [5.41, 5.74) is 6.94. The normalized spacial score (nSPS) is 21.3. The van der Waals surface area contributed by atoms with Crippen LogP contribution in [0.2, 0.25) is 0 Å². The first-order valence-corrected chi connectivity index (χ1v) is 28.1. The third-order valence-electron chi connectivity index (χ3n) is 16.9. The Bertz CT molecular complexity index is 3330. The first-order valence-electron chi connectivity index (χ1n) is 27.2. The lowest BCUT2D eigenvalue weighted by molar-refractivity contribution is -0.136. The van der Waals surface area contributed by atoms with Gasteiger partial charge in [-0.05, 0) is 134 Å². The topological polar surface area (TPSA) is 201 Å². The number of aromatic nitrogens is 4. The van der Waals surface area contributed by atoms with Crippen molar-refractivity contribution in [3.63, 3.8) is 0 Å². The predicted octanol–water partition coefficient (Wildman–Crippen LogP) is 9.97. The highest BCUT2D eigenvalue weighted by Gasteiger charge is 2.46. The van der Waals surface area contributed by atoms with Gasteiger partial charge in [-0.3, -0.25) is 49.0 Å². The van der Waals surface area contributed by atoms with E-state index in [2.05, 4.69) is 83.4 Å². The van der Waals surface area contributed by atoms with E-state index in [4.69, 9.17) is 10.1 Å². The molecule has 6 amide bonds. The third kappa shape index (κ3) is 10.5. The molecule has 4 N–H and O–H groups in total. The molecule has 0 spiro atoms. The summed E-state index contributed by atoms with van der Waals surface area (Å²) in [6.07, 6.45) is 10.6. The molecule has 77 heavy (non-hydrogen) atoms. The molecule has 2 aliphatic carbocycles. The van der Waals surface area contributed by atoms with Crippen molar-refractivity contribution < 1.29 is 28.8 Å². The lowest BCUT2D eigenvalue weighted by Gasteiger charge is -2.38. The molecule has 1 saturated heterocycles. The van der Waals surface area contributed by atoms with Gasteiger partial charge in [0.15, 0.2) is 5.13 Å². The van der Waals surface area contributed by atoms with Gasteiger partial charge in [0.1, 0.15) is 17.6 Å². The molecule has 2 bridgehead atoms. The summed E-state index contributed by atoms with van der Waals surface area (Å²) in [4.78, 5) is 93.6. The van der Waals surface area contributed by atoms with E-state index in [0.29, 0.717) is 66.9 Å². The number of amides is 6. The summed E-state index contributed by atoms with van der Waals surface area (Å²) < 4.78 is 3.13. The van der Waals surface area contributed by atoms with Crippen molar-refractivity contribution in [2.45, 2.75) is 125 Å². The van der Waals surface area contributed by atoms with Gasteiger partial charge in [0.2, 0.25) is 11.8 Å². The number of nitrogens with one attached hydrogen (secondary N) is 4. The van der Waals surface area contributed by atoms with Crippen molar-refractivity contribution in [3.8, 4) is 11.1 Å². The van der Waals surface area contributed by atoms with Crippen LogP contribution in [-0.2, 0) is 29.1 Å². The zero-order valence-corrected chi connectivity index (χ0v) is 45.7. The number of pyridine rings is 1. The van der Waals surface area contributed by atoms with Crippen molar-refractivity contribution in [1.82, 2.24) is 35.3 Å². The van der Waals surface area contributed by atoms with E-state index in [9.17, 15) is 28.8 Å². The lowest BCUT2D eigenvalue weighted by Crippen LogP contribution is -2.54. The number of thiazole rings is 1. The van der Waals surface area contributed by atoms with E-state index >= 15 is 0 Å². The van der Waals surface area contributed by atoms with Crippen molar-refractivity contribution in [1.29, 1.82) is 0 Å². The number of carbonyl (C=O) groups is 6. The number of hydrogen-bond acceptors (Lipinski definition) is 12. The van der Waals surface area contributed by atoms with Gasteiger partial charge < -0.3 is 15.5 Å². The third-order valence-corrected chi connectivity index (χ3v) is 17.8. The molecule has 3 unspecified atom stereocenters. The second-order valence-corrected chi connectivity index (χ2v) is 25.3. The molecule has 2 saturated carbocycles. The van der Waals surface area contributed by atoms with Crippen LogP contribution in [0.5, 0.6) is 0 Å². The first-order chi connectivity index (χ1) is 36.8. The number of fused-ring (bicyclic) bond motifs is 5. The summed E-state index contributed by atoms with van der Waals surface area (Å²) in [7, 11) is 0. The molecular weight excluding hydrogens is 989 g/mol. The van der Waals surface area contributed by atoms with Crippen LogP contribution in [0.1, 0.15) is 151 Å². The molecule has 3 aliphatic heterocycles. The van der Waals surface area contributed by atoms with E-state index in [1.165, 1.54) is 43.4 Å². The summed E-state index contributed by atoms with van der Waals surface area (Å²) >= 11 is 1.44. The number of imide groups is 2. The maximum absolute atomic E-state index is 14.8. The number of piperidine rings is 1. The van der Waals surface area contributed by atoms with Crippen molar-refractivity contribution >= 4 is 73.6 Å². The van der Waals surface area contributed by atoms with Gasteiger partial charge in [0.05, 0.1) is 27.5 Å². The first kappa shape index (κ1) is 51.8. The van der Waals surface area contributed by atoms with Crippen LogP contribution in [0.25, 0.3) is 21.3 Å². The van der Waals surface area contributed by atoms with Crippen LogP contribution in [0, 0.1) is 35.0 Å². The number of rotatable bonds is 16. The molecule has 17 heteroatoms.